The first-order valence-corrected chi connectivity index (χ1v) is 7.81. The Morgan fingerprint density at radius 2 is 1.81 bits per heavy atom. The third kappa shape index (κ3) is 4.46. The van der Waals surface area contributed by atoms with Crippen LogP contribution in [-0.2, 0) is 17.5 Å². The van der Waals surface area contributed by atoms with E-state index in [1.807, 2.05) is 0 Å². The van der Waals surface area contributed by atoms with E-state index in [-0.39, 0.29) is 24.6 Å². The SMILES string of the molecule is COc1ccc(OCC(=O)NCc2nnc3ccc(C(F)(F)F)cn23)cc1. The number of fused-ring (bicyclic) bond motifs is 1. The van der Waals surface area contributed by atoms with Crippen LogP contribution < -0.4 is 14.8 Å². The monoisotopic (exact) mass is 380 g/mol. The molecule has 1 amide bonds. The first-order chi connectivity index (χ1) is 12.9. The van der Waals surface area contributed by atoms with Crippen LogP contribution in [0.1, 0.15) is 11.4 Å². The summed E-state index contributed by atoms with van der Waals surface area (Å²) in [4.78, 5) is 11.9. The fourth-order valence-electron chi connectivity index (χ4n) is 2.28. The van der Waals surface area contributed by atoms with Crippen molar-refractivity contribution in [2.24, 2.45) is 0 Å². The van der Waals surface area contributed by atoms with Gasteiger partial charge in [-0.3, -0.25) is 9.20 Å². The number of alkyl halides is 3. The molecule has 0 saturated heterocycles. The predicted molar refractivity (Wildman–Crippen MR) is 88.3 cm³/mol. The Balaban J connectivity index is 1.59. The first kappa shape index (κ1) is 18.5. The van der Waals surface area contributed by atoms with Gasteiger partial charge in [-0.2, -0.15) is 13.2 Å². The molecular formula is C17H15F3N4O3. The van der Waals surface area contributed by atoms with Crippen molar-refractivity contribution in [2.75, 3.05) is 13.7 Å². The minimum absolute atomic E-state index is 0.0900. The van der Waals surface area contributed by atoms with Gasteiger partial charge in [-0.1, -0.05) is 0 Å². The molecule has 3 rings (SSSR count). The van der Waals surface area contributed by atoms with Gasteiger partial charge in [0, 0.05) is 6.20 Å². The van der Waals surface area contributed by atoms with Crippen LogP contribution in [0.15, 0.2) is 42.6 Å². The van der Waals surface area contributed by atoms with E-state index >= 15 is 0 Å². The molecule has 0 unspecified atom stereocenters. The highest BCUT2D eigenvalue weighted by molar-refractivity contribution is 5.77. The number of halogens is 3. The second-order valence-electron chi connectivity index (χ2n) is 5.50. The van der Waals surface area contributed by atoms with Gasteiger partial charge >= 0.3 is 6.18 Å². The van der Waals surface area contributed by atoms with E-state index < -0.39 is 17.6 Å². The summed E-state index contributed by atoms with van der Waals surface area (Å²) in [6.07, 6.45) is -3.59. The second-order valence-corrected chi connectivity index (χ2v) is 5.50. The van der Waals surface area contributed by atoms with E-state index in [1.165, 1.54) is 17.6 Å². The van der Waals surface area contributed by atoms with Gasteiger partial charge in [0.05, 0.1) is 19.2 Å². The lowest BCUT2D eigenvalue weighted by atomic mass is 10.3. The van der Waals surface area contributed by atoms with Gasteiger partial charge in [-0.05, 0) is 36.4 Å². The van der Waals surface area contributed by atoms with E-state index in [9.17, 15) is 18.0 Å². The molecule has 0 spiro atoms. The van der Waals surface area contributed by atoms with Gasteiger partial charge in [0.2, 0.25) is 0 Å². The number of hydrogen-bond donors (Lipinski definition) is 1. The second kappa shape index (κ2) is 7.52. The fraction of sp³-hybridized carbons (Fsp3) is 0.235. The van der Waals surface area contributed by atoms with Crippen molar-refractivity contribution in [1.82, 2.24) is 19.9 Å². The smallest absolute Gasteiger partial charge is 0.417 e. The lowest BCUT2D eigenvalue weighted by Crippen LogP contribution is -2.29. The van der Waals surface area contributed by atoms with Crippen LogP contribution in [0.2, 0.25) is 0 Å². The number of carbonyl (C=O) groups is 1. The van der Waals surface area contributed by atoms with Gasteiger partial charge in [-0.15, -0.1) is 10.2 Å². The van der Waals surface area contributed by atoms with Crippen molar-refractivity contribution in [3.05, 3.63) is 54.0 Å². The molecular weight excluding hydrogens is 365 g/mol. The maximum Gasteiger partial charge on any atom is 0.417 e. The predicted octanol–water partition coefficient (Wildman–Crippen LogP) is 2.45. The highest BCUT2D eigenvalue weighted by Gasteiger charge is 2.31. The number of ether oxygens (including phenoxy) is 2. The Morgan fingerprint density at radius 3 is 2.48 bits per heavy atom. The molecule has 1 aromatic carbocycles. The average Bonchev–Trinajstić information content (AvgIpc) is 3.06. The van der Waals surface area contributed by atoms with Crippen LogP contribution in [0.5, 0.6) is 11.5 Å². The molecule has 0 atom stereocenters. The molecule has 0 aliphatic rings. The molecule has 0 aliphatic heterocycles. The number of nitrogens with one attached hydrogen (secondary N) is 1. The molecule has 1 N–H and O–H groups in total. The quantitative estimate of drug-likeness (QED) is 0.711. The van der Waals surface area contributed by atoms with Crippen LogP contribution >= 0.6 is 0 Å². The van der Waals surface area contributed by atoms with Crippen molar-refractivity contribution < 1.29 is 27.4 Å². The van der Waals surface area contributed by atoms with Gasteiger partial charge in [0.1, 0.15) is 11.5 Å². The summed E-state index contributed by atoms with van der Waals surface area (Å²) < 4.78 is 50.0. The number of pyridine rings is 1. The molecule has 0 fully saturated rings. The van der Waals surface area contributed by atoms with Crippen LogP contribution in [0.3, 0.4) is 0 Å². The van der Waals surface area contributed by atoms with E-state index in [1.54, 1.807) is 24.3 Å². The summed E-state index contributed by atoms with van der Waals surface area (Å²) in [6, 6.07) is 8.82. The van der Waals surface area contributed by atoms with Crippen LogP contribution in [0.25, 0.3) is 5.65 Å². The zero-order valence-corrected chi connectivity index (χ0v) is 14.2. The molecule has 10 heteroatoms. The third-order valence-corrected chi connectivity index (χ3v) is 3.67. The Kier molecular flexibility index (Phi) is 5.15. The number of carbonyl (C=O) groups excluding carboxylic acids is 1. The van der Waals surface area contributed by atoms with Gasteiger partial charge < -0.3 is 14.8 Å². The topological polar surface area (TPSA) is 77.8 Å². The van der Waals surface area contributed by atoms with Gasteiger partial charge in [0.25, 0.3) is 5.91 Å². The Bertz CT molecular complexity index is 939. The van der Waals surface area contributed by atoms with Gasteiger partial charge in [0.15, 0.2) is 18.1 Å². The largest absolute Gasteiger partial charge is 0.497 e. The zero-order chi connectivity index (χ0) is 19.4. The minimum Gasteiger partial charge on any atom is -0.497 e. The summed E-state index contributed by atoms with van der Waals surface area (Å²) in [6.45, 7) is -0.343. The molecule has 0 bridgehead atoms. The highest BCUT2D eigenvalue weighted by atomic mass is 19.4. The summed E-state index contributed by atoms with van der Waals surface area (Å²) in [5.74, 6) is 0.862. The molecule has 27 heavy (non-hydrogen) atoms. The Hall–Kier alpha value is -3.30. The summed E-state index contributed by atoms with van der Waals surface area (Å²) in [7, 11) is 1.54. The molecule has 2 aromatic heterocycles. The molecule has 0 saturated carbocycles. The minimum atomic E-state index is -4.48. The fourth-order valence-corrected chi connectivity index (χ4v) is 2.28. The van der Waals surface area contributed by atoms with Crippen molar-refractivity contribution in [3.8, 4) is 11.5 Å². The lowest BCUT2D eigenvalue weighted by Gasteiger charge is -2.09. The van der Waals surface area contributed by atoms with Crippen LogP contribution in [0, 0.1) is 0 Å². The van der Waals surface area contributed by atoms with Gasteiger partial charge in [-0.25, -0.2) is 0 Å². The Morgan fingerprint density at radius 1 is 1.11 bits per heavy atom. The maximum absolute atomic E-state index is 12.8. The molecule has 0 aliphatic carbocycles. The summed E-state index contributed by atoms with van der Waals surface area (Å²) in [5, 5.41) is 10.1. The van der Waals surface area contributed by atoms with E-state index in [2.05, 4.69) is 15.5 Å². The number of methoxy groups -OCH3 is 1. The van der Waals surface area contributed by atoms with Crippen molar-refractivity contribution >= 4 is 11.6 Å². The number of hydrogen-bond acceptors (Lipinski definition) is 5. The summed E-state index contributed by atoms with van der Waals surface area (Å²) in [5.41, 5.74) is -0.577. The number of amides is 1. The molecule has 0 radical (unpaired) electrons. The molecule has 2 heterocycles. The third-order valence-electron chi connectivity index (χ3n) is 3.67. The zero-order valence-electron chi connectivity index (χ0n) is 14.2. The van der Waals surface area contributed by atoms with E-state index in [0.29, 0.717) is 11.5 Å². The standard InChI is InChI=1S/C17H15F3N4O3/c1-26-12-3-5-13(6-4-12)27-10-16(25)21-8-15-23-22-14-7-2-11(9-24(14)15)17(18,19)20/h2-7,9H,8,10H2,1H3,(H,21,25). The van der Waals surface area contributed by atoms with Crippen molar-refractivity contribution in [1.29, 1.82) is 0 Å². The first-order valence-electron chi connectivity index (χ1n) is 7.81. The van der Waals surface area contributed by atoms with Crippen molar-refractivity contribution in [3.63, 3.8) is 0 Å². The molecule has 7 nitrogen and oxygen atoms in total. The number of benzene rings is 1. The van der Waals surface area contributed by atoms with E-state index in [4.69, 9.17) is 9.47 Å². The van der Waals surface area contributed by atoms with E-state index in [0.717, 1.165) is 12.3 Å². The van der Waals surface area contributed by atoms with Crippen LogP contribution in [-0.4, -0.2) is 34.2 Å². The van der Waals surface area contributed by atoms with Crippen molar-refractivity contribution in [2.45, 2.75) is 12.7 Å². The Labute approximate surface area is 151 Å². The van der Waals surface area contributed by atoms with Crippen LogP contribution in [0.4, 0.5) is 13.2 Å². The maximum atomic E-state index is 12.8. The molecule has 3 aromatic rings. The number of aromatic nitrogens is 3. The normalized spacial score (nSPS) is 11.4. The number of rotatable bonds is 6. The lowest BCUT2D eigenvalue weighted by molar-refractivity contribution is -0.137. The number of nitrogens with zero attached hydrogens (tertiary/aromatic N) is 3. The summed E-state index contributed by atoms with van der Waals surface area (Å²) >= 11 is 0. The molecule has 142 valence electrons. The highest BCUT2D eigenvalue weighted by Crippen LogP contribution is 2.29. The average molecular weight is 380 g/mol.